The van der Waals surface area contributed by atoms with Crippen LogP contribution >= 0.6 is 24.0 Å². The molecule has 1 aromatic carbocycles. The van der Waals surface area contributed by atoms with Crippen LogP contribution in [-0.2, 0) is 6.54 Å². The van der Waals surface area contributed by atoms with Crippen LogP contribution in [0.5, 0.6) is 5.75 Å². The molecule has 6 heteroatoms. The second-order valence-corrected chi connectivity index (χ2v) is 6.69. The number of rotatable bonds is 10. The minimum atomic E-state index is 0. The van der Waals surface area contributed by atoms with Crippen molar-refractivity contribution >= 4 is 29.9 Å². The van der Waals surface area contributed by atoms with Crippen LogP contribution in [0.3, 0.4) is 0 Å². The van der Waals surface area contributed by atoms with E-state index < -0.39 is 0 Å². The number of nitrogens with zero attached hydrogens (tertiary/aromatic N) is 2. The Hall–Kier alpha value is -1.02. The van der Waals surface area contributed by atoms with Crippen molar-refractivity contribution in [3.05, 3.63) is 29.8 Å². The molecule has 0 amide bonds. The van der Waals surface area contributed by atoms with Crippen molar-refractivity contribution in [2.75, 3.05) is 40.8 Å². The average molecular weight is 462 g/mol. The first-order valence-corrected chi connectivity index (χ1v) is 8.82. The largest absolute Gasteiger partial charge is 0.492 e. The summed E-state index contributed by atoms with van der Waals surface area (Å²) in [7, 11) is 5.89. The molecule has 5 nitrogen and oxygen atoms in total. The molecule has 0 aliphatic rings. The maximum absolute atomic E-state index is 5.78. The zero-order valence-electron chi connectivity index (χ0n) is 16.3. The number of benzene rings is 1. The molecule has 0 aromatic heterocycles. The Balaban J connectivity index is 0.00000576. The van der Waals surface area contributed by atoms with Crippen molar-refractivity contribution in [1.29, 1.82) is 0 Å². The first kappa shape index (κ1) is 24.0. The van der Waals surface area contributed by atoms with E-state index in [2.05, 4.69) is 46.5 Å². The summed E-state index contributed by atoms with van der Waals surface area (Å²) in [4.78, 5) is 6.38. The Morgan fingerprint density at radius 1 is 1.24 bits per heavy atom. The van der Waals surface area contributed by atoms with Gasteiger partial charge in [-0.05, 0) is 50.6 Å². The van der Waals surface area contributed by atoms with Crippen LogP contribution in [0, 0.1) is 5.92 Å². The van der Waals surface area contributed by atoms with Gasteiger partial charge >= 0.3 is 0 Å². The summed E-state index contributed by atoms with van der Waals surface area (Å²) in [6.45, 7) is 7.79. The summed E-state index contributed by atoms with van der Waals surface area (Å²) < 4.78 is 5.78. The fourth-order valence-corrected chi connectivity index (χ4v) is 2.21. The normalized spacial score (nSPS) is 11.4. The molecule has 0 saturated carbocycles. The number of nitrogens with one attached hydrogen (secondary N) is 2. The van der Waals surface area contributed by atoms with Gasteiger partial charge in [0.25, 0.3) is 0 Å². The highest BCUT2D eigenvalue weighted by Gasteiger charge is 2.01. The van der Waals surface area contributed by atoms with E-state index in [1.807, 2.05) is 26.2 Å². The van der Waals surface area contributed by atoms with Gasteiger partial charge in [-0.3, -0.25) is 4.99 Å². The van der Waals surface area contributed by atoms with Crippen LogP contribution < -0.4 is 15.4 Å². The molecule has 0 unspecified atom stereocenters. The van der Waals surface area contributed by atoms with E-state index >= 15 is 0 Å². The van der Waals surface area contributed by atoms with Crippen LogP contribution in [0.25, 0.3) is 0 Å². The summed E-state index contributed by atoms with van der Waals surface area (Å²) in [5.74, 6) is 2.51. The monoisotopic (exact) mass is 462 g/mol. The molecule has 0 bridgehead atoms. The van der Waals surface area contributed by atoms with E-state index in [0.717, 1.165) is 43.7 Å². The van der Waals surface area contributed by atoms with E-state index in [0.29, 0.717) is 6.61 Å². The lowest BCUT2D eigenvalue weighted by molar-refractivity contribution is 0.261. The number of halogens is 1. The Morgan fingerprint density at radius 2 is 2.00 bits per heavy atom. The molecule has 0 aliphatic carbocycles. The standard InChI is InChI=1S/C19H34N4O.HI/c1-16(2)8-7-11-21-19(20-3)22-15-17-9-6-10-18(14-17)24-13-12-23(4)5;/h6,9-10,14,16H,7-8,11-13,15H2,1-5H3,(H2,20,21,22);1H. The first-order valence-electron chi connectivity index (χ1n) is 8.82. The molecule has 0 aliphatic heterocycles. The molecule has 1 rings (SSSR count). The Bertz CT molecular complexity index is 492. The van der Waals surface area contributed by atoms with Crippen molar-refractivity contribution in [2.24, 2.45) is 10.9 Å². The fourth-order valence-electron chi connectivity index (χ4n) is 2.21. The molecular weight excluding hydrogens is 427 g/mol. The molecule has 0 atom stereocenters. The van der Waals surface area contributed by atoms with Crippen LogP contribution in [0.2, 0.25) is 0 Å². The number of ether oxygens (including phenoxy) is 1. The van der Waals surface area contributed by atoms with Gasteiger partial charge in [0.2, 0.25) is 0 Å². The lowest BCUT2D eigenvalue weighted by Crippen LogP contribution is -2.37. The number of guanidine groups is 1. The highest BCUT2D eigenvalue weighted by Crippen LogP contribution is 2.13. The predicted octanol–water partition coefficient (Wildman–Crippen LogP) is 3.35. The molecule has 2 N–H and O–H groups in total. The fraction of sp³-hybridized carbons (Fsp3) is 0.632. The van der Waals surface area contributed by atoms with Gasteiger partial charge in [-0.15, -0.1) is 24.0 Å². The molecule has 0 spiro atoms. The summed E-state index contributed by atoms with van der Waals surface area (Å²) in [6, 6.07) is 8.20. The molecule has 0 saturated heterocycles. The van der Waals surface area contributed by atoms with Crippen molar-refractivity contribution in [1.82, 2.24) is 15.5 Å². The Labute approximate surface area is 170 Å². The smallest absolute Gasteiger partial charge is 0.191 e. The third-order valence-electron chi connectivity index (χ3n) is 3.64. The minimum absolute atomic E-state index is 0. The molecule has 144 valence electrons. The van der Waals surface area contributed by atoms with Gasteiger partial charge in [0.1, 0.15) is 12.4 Å². The first-order chi connectivity index (χ1) is 11.5. The predicted molar refractivity (Wildman–Crippen MR) is 118 cm³/mol. The van der Waals surface area contributed by atoms with E-state index in [1.54, 1.807) is 7.05 Å². The summed E-state index contributed by atoms with van der Waals surface area (Å²) in [5.41, 5.74) is 1.18. The van der Waals surface area contributed by atoms with Gasteiger partial charge in [-0.1, -0.05) is 26.0 Å². The molecule has 0 fully saturated rings. The maximum atomic E-state index is 5.78. The van der Waals surface area contributed by atoms with Crippen LogP contribution in [0.4, 0.5) is 0 Å². The third-order valence-corrected chi connectivity index (χ3v) is 3.64. The highest BCUT2D eigenvalue weighted by atomic mass is 127. The summed E-state index contributed by atoms with van der Waals surface area (Å²) >= 11 is 0. The van der Waals surface area contributed by atoms with E-state index in [9.17, 15) is 0 Å². The van der Waals surface area contributed by atoms with Gasteiger partial charge in [-0.25, -0.2) is 0 Å². The SMILES string of the molecule is CN=C(NCCCC(C)C)NCc1cccc(OCCN(C)C)c1.I. The van der Waals surface area contributed by atoms with Crippen LogP contribution in [0.1, 0.15) is 32.3 Å². The van der Waals surface area contributed by atoms with Crippen molar-refractivity contribution in [3.63, 3.8) is 0 Å². The van der Waals surface area contributed by atoms with Gasteiger partial charge < -0.3 is 20.3 Å². The van der Waals surface area contributed by atoms with Crippen LogP contribution in [0.15, 0.2) is 29.3 Å². The quantitative estimate of drug-likeness (QED) is 0.242. The minimum Gasteiger partial charge on any atom is -0.492 e. The second-order valence-electron chi connectivity index (χ2n) is 6.69. The number of aliphatic imine (C=N–C) groups is 1. The maximum Gasteiger partial charge on any atom is 0.191 e. The molecule has 0 heterocycles. The second kappa shape index (κ2) is 14.2. The third kappa shape index (κ3) is 12.0. The number of hydrogen-bond donors (Lipinski definition) is 2. The zero-order chi connectivity index (χ0) is 17.8. The summed E-state index contributed by atoms with van der Waals surface area (Å²) in [5, 5.41) is 6.71. The molecule has 1 aromatic rings. The van der Waals surface area contributed by atoms with Gasteiger partial charge in [0, 0.05) is 26.7 Å². The molecule has 25 heavy (non-hydrogen) atoms. The number of hydrogen-bond acceptors (Lipinski definition) is 3. The molecule has 0 radical (unpaired) electrons. The van der Waals surface area contributed by atoms with Gasteiger partial charge in [0.15, 0.2) is 5.96 Å². The zero-order valence-corrected chi connectivity index (χ0v) is 18.7. The van der Waals surface area contributed by atoms with Gasteiger partial charge in [-0.2, -0.15) is 0 Å². The van der Waals surface area contributed by atoms with E-state index in [-0.39, 0.29) is 24.0 Å². The van der Waals surface area contributed by atoms with E-state index in [1.165, 1.54) is 12.0 Å². The van der Waals surface area contributed by atoms with E-state index in [4.69, 9.17) is 4.74 Å². The average Bonchev–Trinajstić information content (AvgIpc) is 2.54. The Kier molecular flexibility index (Phi) is 13.6. The Morgan fingerprint density at radius 3 is 2.64 bits per heavy atom. The lowest BCUT2D eigenvalue weighted by atomic mass is 10.1. The highest BCUT2D eigenvalue weighted by molar-refractivity contribution is 14.0. The topological polar surface area (TPSA) is 48.9 Å². The lowest BCUT2D eigenvalue weighted by Gasteiger charge is -2.14. The van der Waals surface area contributed by atoms with Crippen molar-refractivity contribution < 1.29 is 4.74 Å². The van der Waals surface area contributed by atoms with Crippen molar-refractivity contribution in [3.8, 4) is 5.75 Å². The molecular formula is C19H35IN4O. The summed E-state index contributed by atoms with van der Waals surface area (Å²) in [6.07, 6.45) is 2.39. The van der Waals surface area contributed by atoms with Crippen LogP contribution in [-0.4, -0.2) is 51.7 Å². The number of likely N-dealkylation sites (N-methyl/N-ethyl adjacent to an activating group) is 1. The van der Waals surface area contributed by atoms with Gasteiger partial charge in [0.05, 0.1) is 0 Å². The van der Waals surface area contributed by atoms with Crippen molar-refractivity contribution in [2.45, 2.75) is 33.2 Å².